The molecule has 0 amide bonds. The molecule has 74 valence electrons. The van der Waals surface area contributed by atoms with Gasteiger partial charge in [0.15, 0.2) is 0 Å². The van der Waals surface area contributed by atoms with Gasteiger partial charge < -0.3 is 10.8 Å². The Balaban J connectivity index is 2.84. The van der Waals surface area contributed by atoms with Crippen LogP contribution in [0.3, 0.4) is 0 Å². The zero-order chi connectivity index (χ0) is 10.1. The number of hydrogen-bond acceptors (Lipinski definition) is 3. The molecule has 1 aromatic rings. The standard InChI is InChI=1S/C9H14BrNOS/c1-9(2,5-11)8(12)6-3-4-7(10)13-6/h3-4,8,12H,5,11H2,1-2H3. The maximum absolute atomic E-state index is 9.97. The van der Waals surface area contributed by atoms with Gasteiger partial charge in [-0.2, -0.15) is 0 Å². The zero-order valence-electron chi connectivity index (χ0n) is 7.75. The minimum atomic E-state index is -0.478. The molecule has 1 heterocycles. The van der Waals surface area contributed by atoms with Gasteiger partial charge in [-0.3, -0.25) is 0 Å². The number of hydrogen-bond donors (Lipinski definition) is 2. The molecule has 1 unspecified atom stereocenters. The summed E-state index contributed by atoms with van der Waals surface area (Å²) in [5.74, 6) is 0. The monoisotopic (exact) mass is 263 g/mol. The molecule has 0 saturated carbocycles. The van der Waals surface area contributed by atoms with Crippen LogP contribution < -0.4 is 5.73 Å². The van der Waals surface area contributed by atoms with Crippen molar-refractivity contribution in [2.45, 2.75) is 20.0 Å². The van der Waals surface area contributed by atoms with E-state index >= 15 is 0 Å². The second-order valence-electron chi connectivity index (χ2n) is 3.74. The first kappa shape index (κ1) is 11.2. The van der Waals surface area contributed by atoms with Crippen LogP contribution in [0.2, 0.25) is 0 Å². The summed E-state index contributed by atoms with van der Waals surface area (Å²) >= 11 is 4.91. The lowest BCUT2D eigenvalue weighted by Gasteiger charge is -2.27. The molecule has 0 aromatic carbocycles. The third kappa shape index (κ3) is 2.53. The molecule has 13 heavy (non-hydrogen) atoms. The van der Waals surface area contributed by atoms with Crippen LogP contribution in [-0.4, -0.2) is 11.7 Å². The molecular weight excluding hydrogens is 250 g/mol. The number of aliphatic hydroxyl groups excluding tert-OH is 1. The van der Waals surface area contributed by atoms with E-state index in [4.69, 9.17) is 5.73 Å². The first-order valence-electron chi connectivity index (χ1n) is 4.11. The van der Waals surface area contributed by atoms with Crippen molar-refractivity contribution in [3.05, 3.63) is 20.8 Å². The number of aliphatic hydroxyl groups is 1. The minimum Gasteiger partial charge on any atom is -0.387 e. The average molecular weight is 264 g/mol. The van der Waals surface area contributed by atoms with Crippen LogP contribution in [0.15, 0.2) is 15.9 Å². The highest BCUT2D eigenvalue weighted by Gasteiger charge is 2.28. The fourth-order valence-electron chi connectivity index (χ4n) is 0.972. The molecule has 0 radical (unpaired) electrons. The topological polar surface area (TPSA) is 46.2 Å². The Kier molecular flexibility index (Phi) is 3.51. The zero-order valence-corrected chi connectivity index (χ0v) is 10.2. The van der Waals surface area contributed by atoms with Crippen LogP contribution in [0.1, 0.15) is 24.8 Å². The van der Waals surface area contributed by atoms with Gasteiger partial charge in [0.05, 0.1) is 9.89 Å². The van der Waals surface area contributed by atoms with Gasteiger partial charge >= 0.3 is 0 Å². The number of nitrogens with two attached hydrogens (primary N) is 1. The van der Waals surface area contributed by atoms with Crippen molar-refractivity contribution in [3.63, 3.8) is 0 Å². The second kappa shape index (κ2) is 4.09. The van der Waals surface area contributed by atoms with E-state index in [1.54, 1.807) is 11.3 Å². The van der Waals surface area contributed by atoms with E-state index < -0.39 is 6.10 Å². The third-order valence-corrected chi connectivity index (χ3v) is 3.81. The first-order chi connectivity index (χ1) is 5.97. The molecular formula is C9H14BrNOS. The van der Waals surface area contributed by atoms with Gasteiger partial charge in [0, 0.05) is 16.8 Å². The molecule has 1 aromatic heterocycles. The molecule has 1 rings (SSSR count). The fraction of sp³-hybridized carbons (Fsp3) is 0.556. The van der Waals surface area contributed by atoms with Crippen LogP contribution in [0.25, 0.3) is 0 Å². The highest BCUT2D eigenvalue weighted by atomic mass is 79.9. The van der Waals surface area contributed by atoms with Gasteiger partial charge in [-0.1, -0.05) is 13.8 Å². The van der Waals surface area contributed by atoms with E-state index in [-0.39, 0.29) is 5.41 Å². The van der Waals surface area contributed by atoms with Crippen molar-refractivity contribution in [2.75, 3.05) is 6.54 Å². The molecule has 0 bridgehead atoms. The van der Waals surface area contributed by atoms with E-state index in [0.717, 1.165) is 8.66 Å². The van der Waals surface area contributed by atoms with Gasteiger partial charge in [-0.05, 0) is 28.1 Å². The largest absolute Gasteiger partial charge is 0.387 e. The highest BCUT2D eigenvalue weighted by Crippen LogP contribution is 2.37. The summed E-state index contributed by atoms with van der Waals surface area (Å²) in [5.41, 5.74) is 5.32. The van der Waals surface area contributed by atoms with E-state index in [9.17, 15) is 5.11 Å². The summed E-state index contributed by atoms with van der Waals surface area (Å²) in [7, 11) is 0. The summed E-state index contributed by atoms with van der Waals surface area (Å²) < 4.78 is 1.04. The molecule has 0 fully saturated rings. The molecule has 0 aliphatic rings. The molecule has 0 aliphatic heterocycles. The SMILES string of the molecule is CC(C)(CN)C(O)c1ccc(Br)s1. The summed E-state index contributed by atoms with van der Waals surface area (Å²) in [6.45, 7) is 4.40. The van der Waals surface area contributed by atoms with Crippen LogP contribution in [0, 0.1) is 5.41 Å². The van der Waals surface area contributed by atoms with Gasteiger partial charge in [0.1, 0.15) is 0 Å². The Hall–Kier alpha value is 0.1000. The van der Waals surface area contributed by atoms with Crippen molar-refractivity contribution >= 4 is 27.3 Å². The quantitative estimate of drug-likeness (QED) is 0.881. The highest BCUT2D eigenvalue weighted by molar-refractivity contribution is 9.11. The molecule has 0 spiro atoms. The molecule has 0 aliphatic carbocycles. The maximum atomic E-state index is 9.97. The van der Waals surface area contributed by atoms with Crippen molar-refractivity contribution < 1.29 is 5.11 Å². The van der Waals surface area contributed by atoms with Gasteiger partial charge in [0.2, 0.25) is 0 Å². The normalized spacial score (nSPS) is 14.5. The molecule has 3 N–H and O–H groups in total. The van der Waals surface area contributed by atoms with E-state index in [2.05, 4.69) is 15.9 Å². The summed E-state index contributed by atoms with van der Waals surface area (Å²) in [4.78, 5) is 0.960. The molecule has 2 nitrogen and oxygen atoms in total. The van der Waals surface area contributed by atoms with E-state index in [0.29, 0.717) is 6.54 Å². The molecule has 1 atom stereocenters. The maximum Gasteiger partial charge on any atom is 0.0945 e. The van der Waals surface area contributed by atoms with Crippen molar-refractivity contribution in [3.8, 4) is 0 Å². The summed E-state index contributed by atoms with van der Waals surface area (Å²) in [6.07, 6.45) is -0.478. The molecule has 4 heteroatoms. The smallest absolute Gasteiger partial charge is 0.0945 e. The number of thiophene rings is 1. The van der Waals surface area contributed by atoms with Gasteiger partial charge in [-0.15, -0.1) is 11.3 Å². The van der Waals surface area contributed by atoms with E-state index in [1.165, 1.54) is 0 Å². The van der Waals surface area contributed by atoms with Gasteiger partial charge in [-0.25, -0.2) is 0 Å². The Morgan fingerprint density at radius 1 is 1.62 bits per heavy atom. The Morgan fingerprint density at radius 3 is 2.62 bits per heavy atom. The third-order valence-electron chi connectivity index (χ3n) is 2.13. The Labute approximate surface area is 90.9 Å². The minimum absolute atomic E-state index is 0.260. The predicted octanol–water partition coefficient (Wildman–Crippen LogP) is 2.53. The van der Waals surface area contributed by atoms with E-state index in [1.807, 2.05) is 26.0 Å². The lowest BCUT2D eigenvalue weighted by atomic mass is 9.86. The van der Waals surface area contributed by atoms with Crippen molar-refractivity contribution in [1.82, 2.24) is 0 Å². The summed E-state index contributed by atoms with van der Waals surface area (Å²) in [6, 6.07) is 3.87. The predicted molar refractivity (Wildman–Crippen MR) is 59.8 cm³/mol. The number of rotatable bonds is 3. The summed E-state index contributed by atoms with van der Waals surface area (Å²) in [5, 5.41) is 9.97. The number of halogens is 1. The second-order valence-corrected chi connectivity index (χ2v) is 6.23. The van der Waals surface area contributed by atoms with Crippen LogP contribution in [0.4, 0.5) is 0 Å². The van der Waals surface area contributed by atoms with Crippen molar-refractivity contribution in [1.29, 1.82) is 0 Å². The van der Waals surface area contributed by atoms with Crippen molar-refractivity contribution in [2.24, 2.45) is 11.1 Å². The average Bonchev–Trinajstić information content (AvgIpc) is 2.50. The first-order valence-corrected chi connectivity index (χ1v) is 5.71. The van der Waals surface area contributed by atoms with Crippen LogP contribution in [-0.2, 0) is 0 Å². The fourth-order valence-corrected chi connectivity index (χ4v) is 2.59. The lowest BCUT2D eigenvalue weighted by molar-refractivity contribution is 0.0586. The van der Waals surface area contributed by atoms with Gasteiger partial charge in [0.25, 0.3) is 0 Å². The van der Waals surface area contributed by atoms with Crippen LogP contribution >= 0.6 is 27.3 Å². The molecule has 0 saturated heterocycles. The Bertz CT molecular complexity index is 285. The Morgan fingerprint density at radius 2 is 2.23 bits per heavy atom. The van der Waals surface area contributed by atoms with Crippen LogP contribution in [0.5, 0.6) is 0 Å². The lowest BCUT2D eigenvalue weighted by Crippen LogP contribution is -2.30.